The maximum atomic E-state index is 15.1. The van der Waals surface area contributed by atoms with E-state index in [0.29, 0.717) is 22.5 Å². The van der Waals surface area contributed by atoms with Crippen molar-refractivity contribution >= 4 is 39.3 Å². The third kappa shape index (κ3) is 5.90. The number of aryl methyl sites for hydroxylation is 6. The second-order valence-corrected chi connectivity index (χ2v) is 16.5. The number of hydrogen-bond acceptors (Lipinski definition) is 2. The number of hydrogen-bond donors (Lipinski definition) is 0. The second kappa shape index (κ2) is 14.2. The molecule has 0 bridgehead atoms. The number of fused-ring (bicyclic) bond motifs is 4. The van der Waals surface area contributed by atoms with Gasteiger partial charge < -0.3 is 4.57 Å². The highest BCUT2D eigenvalue weighted by molar-refractivity contribution is 6.36. The van der Waals surface area contributed by atoms with Gasteiger partial charge in [0.05, 0.1) is 33.5 Å². The summed E-state index contributed by atoms with van der Waals surface area (Å²) in [7, 11) is 0. The summed E-state index contributed by atoms with van der Waals surface area (Å²) in [6, 6.07) is 54.2. The third-order valence-corrected chi connectivity index (χ3v) is 12.3. The van der Waals surface area contributed by atoms with E-state index in [2.05, 4.69) is 125 Å². The lowest BCUT2D eigenvalue weighted by molar-refractivity contribution is 0.0926. The Balaban J connectivity index is 1.19. The molecule has 290 valence electrons. The summed E-state index contributed by atoms with van der Waals surface area (Å²) in [5.74, 6) is -0.669. The molecule has 10 rings (SSSR count). The van der Waals surface area contributed by atoms with Crippen LogP contribution in [-0.2, 0) is 0 Å². The quantitative estimate of drug-likeness (QED) is 0.158. The number of amides is 2. The Hall–Kier alpha value is -7.30. The van der Waals surface area contributed by atoms with Crippen molar-refractivity contribution in [2.45, 2.75) is 41.5 Å². The Labute approximate surface area is 351 Å². The summed E-state index contributed by atoms with van der Waals surface area (Å²) < 4.78 is 2.19. The van der Waals surface area contributed by atoms with Crippen LogP contribution in [0.15, 0.2) is 158 Å². The number of carbonyl (C=O) groups is 2. The van der Waals surface area contributed by atoms with E-state index in [4.69, 9.17) is 0 Å². The normalized spacial score (nSPS) is 12.5. The lowest BCUT2D eigenvalue weighted by Gasteiger charge is -2.20. The third-order valence-electron chi connectivity index (χ3n) is 12.3. The van der Waals surface area contributed by atoms with Gasteiger partial charge in [-0.3, -0.25) is 9.59 Å². The summed E-state index contributed by atoms with van der Waals surface area (Å²) in [5, 5.41) is 2.17. The maximum absolute atomic E-state index is 15.1. The zero-order chi connectivity index (χ0) is 41.4. The summed E-state index contributed by atoms with van der Waals surface area (Å²) in [5.41, 5.74) is 20.0. The van der Waals surface area contributed by atoms with Crippen LogP contribution < -0.4 is 4.90 Å². The van der Waals surface area contributed by atoms with Gasteiger partial charge in [-0.2, -0.15) is 0 Å². The average molecular weight is 777 g/mol. The van der Waals surface area contributed by atoms with Gasteiger partial charge in [-0.15, -0.1) is 0 Å². The molecular formula is C56H44N2O2. The van der Waals surface area contributed by atoms with E-state index in [-0.39, 0.29) is 11.8 Å². The molecule has 0 N–H and O–H groups in total. The van der Waals surface area contributed by atoms with Crippen LogP contribution in [-0.4, -0.2) is 16.4 Å². The highest BCUT2D eigenvalue weighted by Gasteiger charge is 2.40. The molecule has 0 spiro atoms. The van der Waals surface area contributed by atoms with Crippen molar-refractivity contribution < 1.29 is 9.59 Å². The molecule has 1 aliphatic rings. The molecule has 9 aromatic rings. The van der Waals surface area contributed by atoms with E-state index in [1.807, 2.05) is 72.8 Å². The summed E-state index contributed by atoms with van der Waals surface area (Å²) in [4.78, 5) is 31.2. The fourth-order valence-corrected chi connectivity index (χ4v) is 9.93. The number of nitrogens with zero attached hydrogens (tertiary/aromatic N) is 2. The predicted octanol–water partition coefficient (Wildman–Crippen LogP) is 14.1. The van der Waals surface area contributed by atoms with Gasteiger partial charge in [0.15, 0.2) is 0 Å². The van der Waals surface area contributed by atoms with Gasteiger partial charge in [0, 0.05) is 16.3 Å². The highest BCUT2D eigenvalue weighted by Crippen LogP contribution is 2.44. The Morgan fingerprint density at radius 3 is 1.38 bits per heavy atom. The van der Waals surface area contributed by atoms with E-state index < -0.39 is 0 Å². The fraction of sp³-hybridized carbons (Fsp3) is 0.107. The monoisotopic (exact) mass is 776 g/mol. The average Bonchev–Trinajstić information content (AvgIpc) is 3.70. The van der Waals surface area contributed by atoms with Crippen LogP contribution in [0.4, 0.5) is 5.69 Å². The molecule has 4 nitrogen and oxygen atoms in total. The van der Waals surface area contributed by atoms with Crippen LogP contribution in [0.1, 0.15) is 54.1 Å². The zero-order valence-electron chi connectivity index (χ0n) is 34.7. The zero-order valence-corrected chi connectivity index (χ0v) is 34.7. The molecule has 0 radical (unpaired) electrons. The van der Waals surface area contributed by atoms with E-state index >= 15 is 4.79 Å². The largest absolute Gasteiger partial charge is 0.308 e. The molecule has 0 saturated carbocycles. The van der Waals surface area contributed by atoms with Gasteiger partial charge in [0.25, 0.3) is 11.8 Å². The first kappa shape index (κ1) is 37.0. The van der Waals surface area contributed by atoms with Crippen LogP contribution in [0.2, 0.25) is 0 Å². The minimum absolute atomic E-state index is 0.331. The molecule has 2 heterocycles. The van der Waals surface area contributed by atoms with E-state index in [1.165, 1.54) is 49.4 Å². The molecular weight excluding hydrogens is 733 g/mol. The topological polar surface area (TPSA) is 42.3 Å². The van der Waals surface area contributed by atoms with Crippen LogP contribution >= 0.6 is 0 Å². The minimum atomic E-state index is -0.338. The number of rotatable bonds is 6. The smallest absolute Gasteiger partial charge is 0.268 e. The number of imide groups is 1. The SMILES string of the molecule is Cc1cc(C)c(-c2ccc3c(c2)c2cc(-c4c(C)cc(C)cc4C)ccc2n3-c2cccc3c2C(=O)N(c2ccc(-c4ccccc4)cc2-c2ccccc2)C3=O)c(C)c1. The van der Waals surface area contributed by atoms with E-state index in [1.54, 1.807) is 6.07 Å². The number of anilines is 1. The first-order valence-corrected chi connectivity index (χ1v) is 20.6. The lowest BCUT2D eigenvalue weighted by Crippen LogP contribution is -2.30. The van der Waals surface area contributed by atoms with Gasteiger partial charge in [-0.05, 0) is 151 Å². The molecule has 60 heavy (non-hydrogen) atoms. The Kier molecular flexibility index (Phi) is 8.76. The Morgan fingerprint density at radius 2 is 0.850 bits per heavy atom. The van der Waals surface area contributed by atoms with Crippen LogP contribution in [0.5, 0.6) is 0 Å². The molecule has 1 aromatic heterocycles. The maximum Gasteiger partial charge on any atom is 0.268 e. The summed E-state index contributed by atoms with van der Waals surface area (Å²) in [6.45, 7) is 13.0. The van der Waals surface area contributed by atoms with Gasteiger partial charge in [0.1, 0.15) is 0 Å². The van der Waals surface area contributed by atoms with Gasteiger partial charge in [0.2, 0.25) is 0 Å². The highest BCUT2D eigenvalue weighted by atomic mass is 16.2. The molecule has 8 aromatic carbocycles. The fourth-order valence-electron chi connectivity index (χ4n) is 9.93. The van der Waals surface area contributed by atoms with Crippen molar-refractivity contribution in [2.24, 2.45) is 0 Å². The molecule has 4 heteroatoms. The Bertz CT molecular complexity index is 3080. The molecule has 0 aliphatic carbocycles. The summed E-state index contributed by atoms with van der Waals surface area (Å²) in [6.07, 6.45) is 0. The van der Waals surface area contributed by atoms with Crippen molar-refractivity contribution in [2.75, 3.05) is 4.90 Å². The van der Waals surface area contributed by atoms with Crippen LogP contribution in [0.25, 0.3) is 72.0 Å². The molecule has 2 amide bonds. The van der Waals surface area contributed by atoms with Gasteiger partial charge in [-0.1, -0.05) is 120 Å². The van der Waals surface area contributed by atoms with E-state index in [0.717, 1.165) is 55.2 Å². The molecule has 0 unspecified atom stereocenters. The molecule has 1 aliphatic heterocycles. The number of benzene rings is 8. The lowest BCUT2D eigenvalue weighted by atomic mass is 9.91. The predicted molar refractivity (Wildman–Crippen MR) is 249 cm³/mol. The van der Waals surface area contributed by atoms with Crippen molar-refractivity contribution in [1.82, 2.24) is 4.57 Å². The first-order valence-electron chi connectivity index (χ1n) is 20.6. The second-order valence-electron chi connectivity index (χ2n) is 16.5. The number of carbonyl (C=O) groups excluding carboxylic acids is 2. The van der Waals surface area contributed by atoms with Crippen LogP contribution in [0, 0.1) is 41.5 Å². The van der Waals surface area contributed by atoms with Crippen molar-refractivity contribution in [3.8, 4) is 50.2 Å². The van der Waals surface area contributed by atoms with Crippen molar-refractivity contribution in [3.63, 3.8) is 0 Å². The van der Waals surface area contributed by atoms with Crippen molar-refractivity contribution in [1.29, 1.82) is 0 Å². The van der Waals surface area contributed by atoms with Gasteiger partial charge >= 0.3 is 0 Å². The standard InChI is InChI=1S/C56H44N2O2/c1-33-26-35(3)52(36(4)27-33)42-21-24-49-46(31-42)47-32-43(53-37(5)28-34(2)29-38(53)6)22-25-50(47)57(49)51-19-13-18-44-54(51)56(60)58(55(44)59)48-23-20-41(39-14-9-7-10-15-39)30-45(48)40-16-11-8-12-17-40/h7-32H,1-6H3. The number of aromatic nitrogens is 1. The summed E-state index contributed by atoms with van der Waals surface area (Å²) >= 11 is 0. The minimum Gasteiger partial charge on any atom is -0.308 e. The first-order chi connectivity index (χ1) is 29.1. The van der Waals surface area contributed by atoms with Crippen molar-refractivity contribution in [3.05, 3.63) is 202 Å². The molecule has 0 atom stereocenters. The van der Waals surface area contributed by atoms with Crippen LogP contribution in [0.3, 0.4) is 0 Å². The van der Waals surface area contributed by atoms with Gasteiger partial charge in [-0.25, -0.2) is 4.90 Å². The molecule has 0 saturated heterocycles. The Morgan fingerprint density at radius 1 is 0.350 bits per heavy atom. The molecule has 0 fully saturated rings. The van der Waals surface area contributed by atoms with E-state index in [9.17, 15) is 4.79 Å².